The lowest BCUT2D eigenvalue weighted by atomic mass is 9.76. The Hall–Kier alpha value is -3.62. The van der Waals surface area contributed by atoms with Crippen LogP contribution < -0.4 is 9.64 Å². The Morgan fingerprint density at radius 3 is 2.85 bits per heavy atom. The van der Waals surface area contributed by atoms with Crippen LogP contribution in [0.5, 0.6) is 5.75 Å². The number of hydrogen-bond donors (Lipinski definition) is 1. The van der Waals surface area contributed by atoms with Crippen LogP contribution in [0.1, 0.15) is 61.6 Å². The quantitative estimate of drug-likeness (QED) is 0.317. The number of rotatable bonds is 6. The van der Waals surface area contributed by atoms with Gasteiger partial charge in [-0.3, -0.25) is 0 Å². The second kappa shape index (κ2) is 10.2. The Bertz CT molecular complexity index is 1520. The molecule has 2 aliphatic rings. The number of nitrogens with one attached hydrogen (secondary N) is 1. The molecule has 1 aliphatic heterocycles. The summed E-state index contributed by atoms with van der Waals surface area (Å²) < 4.78 is 31.8. The van der Waals surface area contributed by atoms with Crippen molar-refractivity contribution >= 4 is 17.0 Å². The predicted molar refractivity (Wildman–Crippen MR) is 147 cm³/mol. The van der Waals surface area contributed by atoms with E-state index in [-0.39, 0.29) is 11.8 Å². The van der Waals surface area contributed by atoms with Gasteiger partial charge in [0.05, 0.1) is 12.1 Å². The molecule has 39 heavy (non-hydrogen) atoms. The maximum absolute atomic E-state index is 12.8. The van der Waals surface area contributed by atoms with E-state index in [9.17, 15) is 8.78 Å². The molecule has 9 heteroatoms. The molecule has 0 amide bonds. The largest absolute Gasteiger partial charge is 0.491 e. The molecule has 0 bridgehead atoms. The summed E-state index contributed by atoms with van der Waals surface area (Å²) in [4.78, 5) is 24.3. The normalized spacial score (nSPS) is 16.6. The van der Waals surface area contributed by atoms with Gasteiger partial charge in [0.25, 0.3) is 0 Å². The molecule has 0 saturated carbocycles. The van der Waals surface area contributed by atoms with Gasteiger partial charge in [-0.15, -0.1) is 0 Å². The average molecular weight is 533 g/mol. The average Bonchev–Trinajstić information content (AvgIpc) is 3.13. The smallest absolute Gasteiger partial charge is 0.238 e. The van der Waals surface area contributed by atoms with E-state index in [0.29, 0.717) is 44.0 Å². The zero-order chi connectivity index (χ0) is 27.1. The van der Waals surface area contributed by atoms with Crippen LogP contribution in [-0.2, 0) is 25.8 Å². The van der Waals surface area contributed by atoms with Gasteiger partial charge in [0.15, 0.2) is 5.65 Å². The number of nitrogens with zero attached hydrogens (tertiary/aromatic N) is 5. The highest BCUT2D eigenvalue weighted by Gasteiger charge is 2.31. The summed E-state index contributed by atoms with van der Waals surface area (Å²) in [5, 5.41) is 0. The Morgan fingerprint density at radius 1 is 1.13 bits per heavy atom. The number of anilines is 1. The van der Waals surface area contributed by atoms with Gasteiger partial charge < -0.3 is 14.6 Å². The zero-order valence-corrected chi connectivity index (χ0v) is 22.7. The molecule has 7 nitrogen and oxygen atoms in total. The molecule has 3 aromatic heterocycles. The van der Waals surface area contributed by atoms with E-state index in [2.05, 4.69) is 51.9 Å². The van der Waals surface area contributed by atoms with Gasteiger partial charge >= 0.3 is 0 Å². The van der Waals surface area contributed by atoms with E-state index < -0.39 is 6.43 Å². The number of ether oxygens (including phenoxy) is 1. The number of aryl methyl sites for hydroxylation is 3. The molecule has 1 aromatic carbocycles. The molecule has 6 rings (SSSR count). The fourth-order valence-electron chi connectivity index (χ4n) is 5.70. The van der Waals surface area contributed by atoms with E-state index in [1.807, 2.05) is 19.2 Å². The van der Waals surface area contributed by atoms with Crippen LogP contribution in [0.25, 0.3) is 22.3 Å². The molecule has 0 radical (unpaired) electrons. The third kappa shape index (κ3) is 5.44. The standard InChI is InChI=1S/C30H34F2N6O/c1-18-34-24-14-20(16-33-28(24)35-18)19-7-8-25-21(13-19)17-38(11-12-39-25)29-22-15-30(2,3)10-9-23(22)36-27(37-29)6-4-5-26(31)32/h7-8,13-14,16,26H,4-6,9-12,15,17H2,1-3H3,(H,33,34,35). The van der Waals surface area contributed by atoms with Crippen molar-refractivity contribution in [3.8, 4) is 16.9 Å². The predicted octanol–water partition coefficient (Wildman–Crippen LogP) is 6.23. The van der Waals surface area contributed by atoms with E-state index >= 15 is 0 Å². The number of halogens is 2. The number of benzene rings is 1. The first-order valence-corrected chi connectivity index (χ1v) is 13.7. The van der Waals surface area contributed by atoms with Crippen molar-refractivity contribution in [2.75, 3.05) is 18.1 Å². The minimum Gasteiger partial charge on any atom is -0.491 e. The third-order valence-corrected chi connectivity index (χ3v) is 7.76. The summed E-state index contributed by atoms with van der Waals surface area (Å²) in [5.74, 6) is 3.30. The summed E-state index contributed by atoms with van der Waals surface area (Å²) in [6.45, 7) is 8.36. The summed E-state index contributed by atoms with van der Waals surface area (Å²) in [6, 6.07) is 8.34. The first kappa shape index (κ1) is 25.6. The zero-order valence-electron chi connectivity index (χ0n) is 22.7. The van der Waals surface area contributed by atoms with Crippen molar-refractivity contribution in [3.05, 3.63) is 58.9 Å². The van der Waals surface area contributed by atoms with Crippen LogP contribution >= 0.6 is 0 Å². The molecule has 0 fully saturated rings. The number of H-pyrrole nitrogens is 1. The van der Waals surface area contributed by atoms with Crippen LogP contribution in [-0.4, -0.2) is 44.5 Å². The fourth-order valence-corrected chi connectivity index (χ4v) is 5.70. The number of pyridine rings is 1. The number of fused-ring (bicyclic) bond motifs is 3. The highest BCUT2D eigenvalue weighted by Crippen LogP contribution is 2.39. The SMILES string of the molecule is Cc1nc2ncc(-c3ccc4c(c3)CN(c3nc(CCCC(F)F)nc5c3CC(C)(C)CC5)CCO4)cc2[nH]1. The summed E-state index contributed by atoms with van der Waals surface area (Å²) in [7, 11) is 0. The number of aromatic nitrogens is 5. The van der Waals surface area contributed by atoms with Gasteiger partial charge in [-0.1, -0.05) is 19.9 Å². The van der Waals surface area contributed by atoms with Crippen molar-refractivity contribution in [1.82, 2.24) is 24.9 Å². The Kier molecular flexibility index (Phi) is 6.69. The molecule has 0 saturated heterocycles. The molecule has 204 valence electrons. The molecular formula is C30H34F2N6O. The highest BCUT2D eigenvalue weighted by molar-refractivity contribution is 5.78. The van der Waals surface area contributed by atoms with Crippen molar-refractivity contribution in [2.24, 2.45) is 5.41 Å². The molecule has 0 atom stereocenters. The van der Waals surface area contributed by atoms with Gasteiger partial charge in [-0.25, -0.2) is 28.7 Å². The van der Waals surface area contributed by atoms with E-state index in [4.69, 9.17) is 14.7 Å². The van der Waals surface area contributed by atoms with Crippen LogP contribution in [0.15, 0.2) is 30.5 Å². The number of hydrogen-bond acceptors (Lipinski definition) is 6. The Morgan fingerprint density at radius 2 is 2.00 bits per heavy atom. The van der Waals surface area contributed by atoms with E-state index in [1.165, 1.54) is 5.56 Å². The van der Waals surface area contributed by atoms with Gasteiger partial charge in [0.2, 0.25) is 6.43 Å². The Labute approximate surface area is 227 Å². The van der Waals surface area contributed by atoms with Crippen LogP contribution in [0.4, 0.5) is 14.6 Å². The van der Waals surface area contributed by atoms with Crippen LogP contribution in [0.3, 0.4) is 0 Å². The van der Waals surface area contributed by atoms with Gasteiger partial charge in [0.1, 0.15) is 29.8 Å². The lowest BCUT2D eigenvalue weighted by Crippen LogP contribution is -2.32. The molecule has 1 aliphatic carbocycles. The highest BCUT2D eigenvalue weighted by atomic mass is 19.3. The Balaban J connectivity index is 1.34. The maximum Gasteiger partial charge on any atom is 0.238 e. The fraction of sp³-hybridized carbons (Fsp3) is 0.467. The molecule has 0 unspecified atom stereocenters. The van der Waals surface area contributed by atoms with Crippen molar-refractivity contribution in [2.45, 2.75) is 72.3 Å². The summed E-state index contributed by atoms with van der Waals surface area (Å²) >= 11 is 0. The summed E-state index contributed by atoms with van der Waals surface area (Å²) in [6.07, 6.45) is 3.10. The lowest BCUT2D eigenvalue weighted by Gasteiger charge is -2.34. The topological polar surface area (TPSA) is 79.8 Å². The van der Waals surface area contributed by atoms with Crippen LogP contribution in [0.2, 0.25) is 0 Å². The number of aromatic amines is 1. The van der Waals surface area contributed by atoms with Crippen molar-refractivity contribution in [3.63, 3.8) is 0 Å². The third-order valence-electron chi connectivity index (χ3n) is 7.76. The van der Waals surface area contributed by atoms with Crippen molar-refractivity contribution in [1.29, 1.82) is 0 Å². The van der Waals surface area contributed by atoms with Gasteiger partial charge in [-0.2, -0.15) is 0 Å². The summed E-state index contributed by atoms with van der Waals surface area (Å²) in [5.41, 5.74) is 7.17. The minimum absolute atomic E-state index is 0.130. The van der Waals surface area contributed by atoms with Crippen molar-refractivity contribution < 1.29 is 13.5 Å². The van der Waals surface area contributed by atoms with E-state index in [0.717, 1.165) is 64.6 Å². The molecule has 0 spiro atoms. The minimum atomic E-state index is -2.30. The molecule has 1 N–H and O–H groups in total. The molecular weight excluding hydrogens is 498 g/mol. The van der Waals surface area contributed by atoms with Gasteiger partial charge in [-0.05, 0) is 61.8 Å². The molecule has 4 aromatic rings. The molecule has 4 heterocycles. The number of imidazole rings is 1. The van der Waals surface area contributed by atoms with Crippen LogP contribution in [0, 0.1) is 12.3 Å². The number of alkyl halides is 2. The maximum atomic E-state index is 12.8. The van der Waals surface area contributed by atoms with E-state index in [1.54, 1.807) is 0 Å². The van der Waals surface area contributed by atoms with Gasteiger partial charge in [0, 0.05) is 48.0 Å². The second-order valence-electron chi connectivity index (χ2n) is 11.5. The second-order valence-corrected chi connectivity index (χ2v) is 11.5. The first-order chi connectivity index (χ1) is 18.7. The lowest BCUT2D eigenvalue weighted by molar-refractivity contribution is 0.135. The first-order valence-electron chi connectivity index (χ1n) is 13.7. The monoisotopic (exact) mass is 532 g/mol.